The summed E-state index contributed by atoms with van der Waals surface area (Å²) >= 11 is 7.62. The van der Waals surface area contributed by atoms with E-state index >= 15 is 0 Å². The van der Waals surface area contributed by atoms with Crippen molar-refractivity contribution in [3.05, 3.63) is 51.2 Å². The second-order valence-electron chi connectivity index (χ2n) is 5.50. The number of halogens is 1. The van der Waals surface area contributed by atoms with E-state index in [1.165, 1.54) is 0 Å². The molecule has 0 bridgehead atoms. The summed E-state index contributed by atoms with van der Waals surface area (Å²) in [6.45, 7) is 6.08. The van der Waals surface area contributed by atoms with Crippen LogP contribution in [0.4, 0.5) is 0 Å². The van der Waals surface area contributed by atoms with Crippen LogP contribution in [-0.4, -0.2) is 12.5 Å². The van der Waals surface area contributed by atoms with Crippen molar-refractivity contribution < 1.29 is 9.53 Å². The SMILES string of the molecule is Cc1cc(OCC(=O)NC(c2cccs2)C(C)C)ccc1Cl. The summed E-state index contributed by atoms with van der Waals surface area (Å²) in [5.74, 6) is 0.842. The molecule has 1 atom stereocenters. The number of thiophene rings is 1. The van der Waals surface area contributed by atoms with Crippen LogP contribution in [-0.2, 0) is 4.79 Å². The molecule has 3 nitrogen and oxygen atoms in total. The number of hydrogen-bond acceptors (Lipinski definition) is 3. The van der Waals surface area contributed by atoms with Crippen molar-refractivity contribution in [2.24, 2.45) is 5.92 Å². The quantitative estimate of drug-likeness (QED) is 0.836. The molecule has 2 rings (SSSR count). The van der Waals surface area contributed by atoms with Gasteiger partial charge in [-0.15, -0.1) is 11.3 Å². The highest BCUT2D eigenvalue weighted by molar-refractivity contribution is 7.10. The molecule has 0 radical (unpaired) electrons. The van der Waals surface area contributed by atoms with Gasteiger partial charge in [-0.25, -0.2) is 0 Å². The summed E-state index contributed by atoms with van der Waals surface area (Å²) in [4.78, 5) is 13.3. The summed E-state index contributed by atoms with van der Waals surface area (Å²) < 4.78 is 5.53. The van der Waals surface area contributed by atoms with E-state index in [2.05, 4.69) is 19.2 Å². The van der Waals surface area contributed by atoms with Crippen molar-refractivity contribution in [3.8, 4) is 5.75 Å². The van der Waals surface area contributed by atoms with Gasteiger partial charge in [-0.1, -0.05) is 31.5 Å². The maximum absolute atomic E-state index is 12.1. The molecule has 0 aliphatic rings. The van der Waals surface area contributed by atoms with E-state index in [9.17, 15) is 4.79 Å². The first-order valence-electron chi connectivity index (χ1n) is 7.19. The summed E-state index contributed by atoms with van der Waals surface area (Å²) in [5.41, 5.74) is 0.929. The summed E-state index contributed by atoms with van der Waals surface area (Å²) in [6.07, 6.45) is 0. The van der Waals surface area contributed by atoms with E-state index in [4.69, 9.17) is 16.3 Å². The maximum Gasteiger partial charge on any atom is 0.258 e. The van der Waals surface area contributed by atoms with E-state index in [0.717, 1.165) is 10.4 Å². The third kappa shape index (κ3) is 4.49. The fourth-order valence-electron chi connectivity index (χ4n) is 2.11. The van der Waals surface area contributed by atoms with Gasteiger partial charge in [-0.05, 0) is 48.1 Å². The minimum absolute atomic E-state index is 0.00430. The van der Waals surface area contributed by atoms with Gasteiger partial charge >= 0.3 is 0 Å². The molecule has 0 saturated carbocycles. The Labute approximate surface area is 140 Å². The smallest absolute Gasteiger partial charge is 0.258 e. The van der Waals surface area contributed by atoms with Crippen molar-refractivity contribution in [3.63, 3.8) is 0 Å². The Bertz CT molecular complexity index is 626. The monoisotopic (exact) mass is 337 g/mol. The topological polar surface area (TPSA) is 38.3 Å². The Kier molecular flexibility index (Phi) is 5.86. The molecule has 1 heterocycles. The Morgan fingerprint density at radius 3 is 2.73 bits per heavy atom. The largest absolute Gasteiger partial charge is 0.484 e. The third-order valence-corrected chi connectivity index (χ3v) is 4.71. The second kappa shape index (κ2) is 7.65. The fourth-order valence-corrected chi connectivity index (χ4v) is 3.17. The minimum atomic E-state index is -0.125. The van der Waals surface area contributed by atoms with Gasteiger partial charge in [-0.3, -0.25) is 4.79 Å². The van der Waals surface area contributed by atoms with Crippen molar-refractivity contribution in [1.82, 2.24) is 5.32 Å². The predicted octanol–water partition coefficient (Wildman–Crippen LogP) is 4.60. The molecule has 1 N–H and O–H groups in total. The first kappa shape index (κ1) is 16.8. The van der Waals surface area contributed by atoms with Crippen molar-refractivity contribution in [2.45, 2.75) is 26.8 Å². The van der Waals surface area contributed by atoms with Gasteiger partial charge in [-0.2, -0.15) is 0 Å². The van der Waals surface area contributed by atoms with Crippen LogP contribution in [0, 0.1) is 12.8 Å². The van der Waals surface area contributed by atoms with E-state index in [1.54, 1.807) is 23.5 Å². The highest BCUT2D eigenvalue weighted by Crippen LogP contribution is 2.26. The second-order valence-corrected chi connectivity index (χ2v) is 6.89. The van der Waals surface area contributed by atoms with Gasteiger partial charge in [0, 0.05) is 9.90 Å². The lowest BCUT2D eigenvalue weighted by Gasteiger charge is -2.21. The van der Waals surface area contributed by atoms with Gasteiger partial charge in [0.1, 0.15) is 5.75 Å². The van der Waals surface area contributed by atoms with Crippen molar-refractivity contribution in [1.29, 1.82) is 0 Å². The zero-order valence-corrected chi connectivity index (χ0v) is 14.5. The number of aryl methyl sites for hydroxylation is 1. The molecule has 1 amide bonds. The summed E-state index contributed by atoms with van der Waals surface area (Å²) in [7, 11) is 0. The number of hydrogen-bond donors (Lipinski definition) is 1. The number of nitrogens with one attached hydrogen (secondary N) is 1. The zero-order chi connectivity index (χ0) is 16.1. The average Bonchev–Trinajstić information content (AvgIpc) is 2.99. The average molecular weight is 338 g/mol. The number of carbonyl (C=O) groups excluding carboxylic acids is 1. The number of ether oxygens (including phenoxy) is 1. The van der Waals surface area contributed by atoms with Crippen LogP contribution in [0.3, 0.4) is 0 Å². The number of rotatable bonds is 6. The Hall–Kier alpha value is -1.52. The first-order valence-corrected chi connectivity index (χ1v) is 8.45. The normalized spacial score (nSPS) is 12.2. The van der Waals surface area contributed by atoms with Gasteiger partial charge in [0.2, 0.25) is 0 Å². The van der Waals surface area contributed by atoms with Crippen molar-refractivity contribution in [2.75, 3.05) is 6.61 Å². The van der Waals surface area contributed by atoms with Crippen molar-refractivity contribution >= 4 is 28.8 Å². The van der Waals surface area contributed by atoms with Gasteiger partial charge in [0.15, 0.2) is 6.61 Å². The van der Waals surface area contributed by atoms with Crippen LogP contribution in [0.1, 0.15) is 30.3 Å². The van der Waals surface area contributed by atoms with Crippen LogP contribution in [0.5, 0.6) is 5.75 Å². The fraction of sp³-hybridized carbons (Fsp3) is 0.353. The molecule has 0 fully saturated rings. The molecular formula is C17H20ClNO2S. The highest BCUT2D eigenvalue weighted by atomic mass is 35.5. The summed E-state index contributed by atoms with van der Waals surface area (Å²) in [5, 5.41) is 5.74. The molecule has 0 spiro atoms. The van der Waals surface area contributed by atoms with Gasteiger partial charge < -0.3 is 10.1 Å². The summed E-state index contributed by atoms with van der Waals surface area (Å²) in [6, 6.07) is 9.42. The standard InChI is InChI=1S/C17H20ClNO2S/c1-11(2)17(15-5-4-8-22-15)19-16(20)10-21-13-6-7-14(18)12(3)9-13/h4-9,11,17H,10H2,1-3H3,(H,19,20). The molecule has 0 aliphatic heterocycles. The van der Waals surface area contributed by atoms with Crippen LogP contribution in [0.15, 0.2) is 35.7 Å². The van der Waals surface area contributed by atoms with Crippen LogP contribution in [0.2, 0.25) is 5.02 Å². The van der Waals surface area contributed by atoms with Gasteiger partial charge in [0.25, 0.3) is 5.91 Å². The number of benzene rings is 1. The Balaban J connectivity index is 1.92. The Morgan fingerprint density at radius 1 is 1.36 bits per heavy atom. The van der Waals surface area contributed by atoms with E-state index in [-0.39, 0.29) is 18.6 Å². The van der Waals surface area contributed by atoms with Crippen LogP contribution >= 0.6 is 22.9 Å². The third-order valence-electron chi connectivity index (χ3n) is 3.33. The lowest BCUT2D eigenvalue weighted by Crippen LogP contribution is -2.34. The zero-order valence-electron chi connectivity index (χ0n) is 12.9. The first-order chi connectivity index (χ1) is 10.5. The van der Waals surface area contributed by atoms with Crippen LogP contribution in [0.25, 0.3) is 0 Å². The van der Waals surface area contributed by atoms with Gasteiger partial charge in [0.05, 0.1) is 6.04 Å². The molecule has 5 heteroatoms. The Morgan fingerprint density at radius 2 is 2.14 bits per heavy atom. The van der Waals surface area contributed by atoms with E-state index < -0.39 is 0 Å². The lowest BCUT2D eigenvalue weighted by molar-refractivity contribution is -0.124. The van der Waals surface area contributed by atoms with Crippen LogP contribution < -0.4 is 10.1 Å². The molecular weight excluding hydrogens is 318 g/mol. The highest BCUT2D eigenvalue weighted by Gasteiger charge is 2.19. The molecule has 0 saturated heterocycles. The molecule has 0 aliphatic carbocycles. The molecule has 1 unspecified atom stereocenters. The predicted molar refractivity (Wildman–Crippen MR) is 91.7 cm³/mol. The van der Waals surface area contributed by atoms with E-state index in [0.29, 0.717) is 16.7 Å². The molecule has 22 heavy (non-hydrogen) atoms. The maximum atomic E-state index is 12.1. The molecule has 1 aromatic carbocycles. The number of carbonyl (C=O) groups is 1. The lowest BCUT2D eigenvalue weighted by atomic mass is 10.0. The minimum Gasteiger partial charge on any atom is -0.484 e. The number of amides is 1. The molecule has 118 valence electrons. The molecule has 2 aromatic rings. The van der Waals surface area contributed by atoms with E-state index in [1.807, 2.05) is 30.5 Å². The molecule has 1 aromatic heterocycles.